The first-order valence-corrected chi connectivity index (χ1v) is 11.5. The maximum Gasteiger partial charge on any atom is 0.213 e. The minimum atomic E-state index is 0.458. The largest absolute Gasteiger partial charge is 0.475 e. The van der Waals surface area contributed by atoms with Crippen LogP contribution >= 0.6 is 22.6 Å². The van der Waals surface area contributed by atoms with Gasteiger partial charge in [0.05, 0.1) is 39.6 Å². The topological polar surface area (TPSA) is 53.1 Å². The van der Waals surface area contributed by atoms with Gasteiger partial charge in [0.2, 0.25) is 5.88 Å². The zero-order chi connectivity index (χ0) is 21.4. The number of benzene rings is 1. The first-order chi connectivity index (χ1) is 14.7. The molecule has 30 heavy (non-hydrogen) atoms. The zero-order valence-electron chi connectivity index (χ0n) is 17.8. The molecular weight excluding hydrogens is 491 g/mol. The van der Waals surface area contributed by atoms with Gasteiger partial charge in [-0.1, -0.05) is 46.9 Å². The predicted octanol–water partition coefficient (Wildman–Crippen LogP) is 4.18. The number of ether oxygens (including phenoxy) is 4. The molecule has 1 aromatic heterocycles. The van der Waals surface area contributed by atoms with E-state index < -0.39 is 0 Å². The van der Waals surface area contributed by atoms with Crippen LogP contribution in [-0.4, -0.2) is 69.8 Å². The number of rotatable bonds is 15. The molecule has 1 heterocycles. The summed E-state index contributed by atoms with van der Waals surface area (Å²) in [7, 11) is 4.07. The zero-order valence-corrected chi connectivity index (χ0v) is 19.9. The minimum Gasteiger partial charge on any atom is -0.475 e. The molecule has 2 rings (SSSR count). The average molecular weight is 522 g/mol. The maximum absolute atomic E-state index is 5.60. The lowest BCUT2D eigenvalue weighted by atomic mass is 10.1. The molecule has 2 aromatic rings. The molecule has 0 aliphatic rings. The first-order valence-electron chi connectivity index (χ1n) is 10.0. The Labute approximate surface area is 193 Å². The summed E-state index contributed by atoms with van der Waals surface area (Å²) in [5.74, 6) is 0.592. The van der Waals surface area contributed by atoms with Crippen molar-refractivity contribution in [1.82, 2.24) is 4.98 Å². The Morgan fingerprint density at radius 3 is 1.90 bits per heavy atom. The predicted molar refractivity (Wildman–Crippen MR) is 131 cm³/mol. The van der Waals surface area contributed by atoms with E-state index in [2.05, 4.69) is 62.8 Å². The van der Waals surface area contributed by atoms with E-state index in [1.807, 2.05) is 32.3 Å². The van der Waals surface area contributed by atoms with Crippen LogP contribution in [0.1, 0.15) is 11.1 Å². The Balaban J connectivity index is 1.58. The van der Waals surface area contributed by atoms with Crippen molar-refractivity contribution in [1.29, 1.82) is 0 Å². The van der Waals surface area contributed by atoms with Gasteiger partial charge in [0.1, 0.15) is 6.61 Å². The van der Waals surface area contributed by atoms with Crippen molar-refractivity contribution in [3.05, 3.63) is 53.7 Å². The molecule has 0 aliphatic carbocycles. The Bertz CT molecular complexity index is 721. The lowest BCUT2D eigenvalue weighted by molar-refractivity contribution is 0.0117. The third-order valence-corrected chi connectivity index (χ3v) is 4.52. The normalized spacial score (nSPS) is 11.2. The highest BCUT2D eigenvalue weighted by Crippen LogP contribution is 2.15. The van der Waals surface area contributed by atoms with E-state index in [9.17, 15) is 0 Å². The highest BCUT2D eigenvalue weighted by atomic mass is 123. The van der Waals surface area contributed by atoms with E-state index in [4.69, 9.17) is 18.9 Å². The highest BCUT2D eigenvalue weighted by Gasteiger charge is 1.97. The van der Waals surface area contributed by atoms with Gasteiger partial charge < -0.3 is 23.8 Å². The van der Waals surface area contributed by atoms with Crippen LogP contribution in [-0.2, 0) is 14.2 Å². The van der Waals surface area contributed by atoms with Crippen molar-refractivity contribution in [2.75, 3.05) is 69.7 Å². The molecule has 0 fully saturated rings. The van der Waals surface area contributed by atoms with E-state index in [-0.39, 0.29) is 0 Å². The number of halogens is 1. The second kappa shape index (κ2) is 15.2. The lowest BCUT2D eigenvalue weighted by Gasteiger charge is -2.11. The summed E-state index contributed by atoms with van der Waals surface area (Å²) >= 11 is 2.28. The maximum atomic E-state index is 5.60. The second-order valence-corrected chi connectivity index (χ2v) is 7.70. The van der Waals surface area contributed by atoms with E-state index in [1.54, 1.807) is 6.20 Å². The number of pyridine rings is 1. The molecule has 0 spiro atoms. The fourth-order valence-electron chi connectivity index (χ4n) is 2.45. The molecule has 0 atom stereocenters. The van der Waals surface area contributed by atoms with Crippen molar-refractivity contribution >= 4 is 40.4 Å². The first kappa shape index (κ1) is 24.6. The number of anilines is 1. The fourth-order valence-corrected chi connectivity index (χ4v) is 2.76. The number of nitrogens with zero attached hydrogens (tertiary/aromatic N) is 2. The van der Waals surface area contributed by atoms with Crippen LogP contribution in [0.25, 0.3) is 12.2 Å². The summed E-state index contributed by atoms with van der Waals surface area (Å²) in [4.78, 5) is 6.42. The van der Waals surface area contributed by atoms with Gasteiger partial charge in [-0.25, -0.2) is 4.98 Å². The van der Waals surface area contributed by atoms with Gasteiger partial charge in [-0.15, -0.1) is 0 Å². The van der Waals surface area contributed by atoms with Crippen molar-refractivity contribution in [3.63, 3.8) is 0 Å². The van der Waals surface area contributed by atoms with Gasteiger partial charge in [-0.05, 0) is 29.3 Å². The fraction of sp³-hybridized carbons (Fsp3) is 0.435. The number of aromatic nitrogens is 1. The van der Waals surface area contributed by atoms with Crippen molar-refractivity contribution in [2.24, 2.45) is 0 Å². The lowest BCUT2D eigenvalue weighted by Crippen LogP contribution is -2.13. The van der Waals surface area contributed by atoms with E-state index >= 15 is 0 Å². The number of hydrogen-bond donors (Lipinski definition) is 0. The summed E-state index contributed by atoms with van der Waals surface area (Å²) in [5.41, 5.74) is 3.36. The smallest absolute Gasteiger partial charge is 0.213 e. The van der Waals surface area contributed by atoms with Crippen LogP contribution in [0.2, 0.25) is 0 Å². The molecule has 0 bridgehead atoms. The van der Waals surface area contributed by atoms with Gasteiger partial charge in [0, 0.05) is 36.5 Å². The third-order valence-electron chi connectivity index (χ3n) is 4.08. The highest BCUT2D eigenvalue weighted by molar-refractivity contribution is 14.1. The molecule has 0 amide bonds. The molecule has 0 unspecified atom stereocenters. The van der Waals surface area contributed by atoms with Crippen LogP contribution in [0.15, 0.2) is 42.6 Å². The van der Waals surface area contributed by atoms with E-state index in [0.29, 0.717) is 45.5 Å². The molecule has 0 N–H and O–H groups in total. The quantitative estimate of drug-likeness (QED) is 0.199. The molecule has 1 aromatic carbocycles. The average Bonchev–Trinajstić information content (AvgIpc) is 2.77. The van der Waals surface area contributed by atoms with Gasteiger partial charge >= 0.3 is 0 Å². The van der Waals surface area contributed by atoms with Crippen molar-refractivity contribution < 1.29 is 18.9 Å². The van der Waals surface area contributed by atoms with Gasteiger partial charge in [-0.3, -0.25) is 0 Å². The van der Waals surface area contributed by atoms with E-state index in [1.165, 1.54) is 5.69 Å². The van der Waals surface area contributed by atoms with Crippen LogP contribution in [0.3, 0.4) is 0 Å². The molecular formula is C23H31IN2O4. The summed E-state index contributed by atoms with van der Waals surface area (Å²) in [6, 6.07) is 12.3. The SMILES string of the molecule is CN(C)c1ccc(/C=C/c2ccc(OCCOCCOCCOCC[123I])nc2)cc1. The number of hydrogen-bond acceptors (Lipinski definition) is 6. The van der Waals surface area contributed by atoms with Crippen LogP contribution in [0.4, 0.5) is 5.69 Å². The van der Waals surface area contributed by atoms with Gasteiger partial charge in [0.15, 0.2) is 0 Å². The molecule has 0 saturated heterocycles. The molecule has 0 radical (unpaired) electrons. The molecule has 0 aliphatic heterocycles. The molecule has 164 valence electrons. The van der Waals surface area contributed by atoms with Crippen LogP contribution in [0.5, 0.6) is 5.88 Å². The molecule has 0 saturated carbocycles. The Morgan fingerprint density at radius 1 is 0.767 bits per heavy atom. The Morgan fingerprint density at radius 2 is 1.33 bits per heavy atom. The van der Waals surface area contributed by atoms with Gasteiger partial charge in [0.25, 0.3) is 0 Å². The Hall–Kier alpha value is -1.68. The minimum absolute atomic E-state index is 0.458. The van der Waals surface area contributed by atoms with E-state index in [0.717, 1.165) is 22.2 Å². The summed E-state index contributed by atoms with van der Waals surface area (Å²) in [5, 5.41) is 0. The van der Waals surface area contributed by atoms with Crippen LogP contribution in [0, 0.1) is 0 Å². The molecule has 7 heteroatoms. The third kappa shape index (κ3) is 10.4. The molecule has 6 nitrogen and oxygen atoms in total. The standard InChI is InChI=1S/C23H31IN2O4/c1-26(2)22-8-5-20(6-9-22)3-4-21-7-10-23(25-19-21)30-18-17-29-16-15-28-14-13-27-12-11-24/h3-10,19H,11-18H2,1-2H3/b4-3+/i24-4. The van der Waals surface area contributed by atoms with Crippen LogP contribution < -0.4 is 9.64 Å². The summed E-state index contributed by atoms with van der Waals surface area (Å²) in [6.07, 6.45) is 5.91. The van der Waals surface area contributed by atoms with Gasteiger partial charge in [-0.2, -0.15) is 0 Å². The Kier molecular flexibility index (Phi) is 12.4. The number of alkyl halides is 1. The monoisotopic (exact) mass is 522 g/mol. The summed E-state index contributed by atoms with van der Waals surface area (Å²) in [6.45, 7) is 4.06. The second-order valence-electron chi connectivity index (χ2n) is 6.62. The van der Waals surface area contributed by atoms with Crippen molar-refractivity contribution in [3.8, 4) is 5.88 Å². The van der Waals surface area contributed by atoms with Crippen molar-refractivity contribution in [2.45, 2.75) is 0 Å². The summed E-state index contributed by atoms with van der Waals surface area (Å²) < 4.78 is 22.8.